The van der Waals surface area contributed by atoms with Crippen molar-refractivity contribution in [2.24, 2.45) is 0 Å². The quantitative estimate of drug-likeness (QED) is 0.664. The summed E-state index contributed by atoms with van der Waals surface area (Å²) in [5, 5.41) is 5.25. The number of hydrogen-bond donors (Lipinski definition) is 3. The second kappa shape index (κ2) is 7.04. The summed E-state index contributed by atoms with van der Waals surface area (Å²) in [6, 6.07) is 14.7. The molecule has 3 aromatic rings. The predicted octanol–water partition coefficient (Wildman–Crippen LogP) is 2.00. The maximum Gasteiger partial charge on any atom is 0.251 e. The Bertz CT molecular complexity index is 883. The third kappa shape index (κ3) is 3.95. The highest BCUT2D eigenvalue weighted by atomic mass is 16.2. The molecule has 2 aromatic carbocycles. The SMILES string of the molecule is CN(C)c1cccc(C(=O)NCC(=O)Nc2nc3ccccc3[nH]2)c1. The molecule has 3 rings (SSSR count). The van der Waals surface area contributed by atoms with E-state index in [9.17, 15) is 9.59 Å². The number of carbonyl (C=O) groups is 2. The molecule has 2 amide bonds. The number of imidazole rings is 1. The zero-order valence-electron chi connectivity index (χ0n) is 14.0. The monoisotopic (exact) mass is 337 g/mol. The summed E-state index contributed by atoms with van der Waals surface area (Å²) in [5.41, 5.74) is 3.02. The van der Waals surface area contributed by atoms with E-state index in [1.165, 1.54) is 0 Å². The summed E-state index contributed by atoms with van der Waals surface area (Å²) in [7, 11) is 3.80. The van der Waals surface area contributed by atoms with E-state index in [-0.39, 0.29) is 18.4 Å². The molecule has 0 aliphatic rings. The molecule has 7 heteroatoms. The molecule has 0 aliphatic heterocycles. The third-order valence-corrected chi connectivity index (χ3v) is 3.68. The van der Waals surface area contributed by atoms with Gasteiger partial charge < -0.3 is 15.2 Å². The van der Waals surface area contributed by atoms with Gasteiger partial charge in [0.25, 0.3) is 5.91 Å². The second-order valence-electron chi connectivity index (χ2n) is 5.78. The van der Waals surface area contributed by atoms with Gasteiger partial charge in [-0.05, 0) is 30.3 Å². The van der Waals surface area contributed by atoms with Crippen LogP contribution in [0.4, 0.5) is 11.6 Å². The molecular formula is C18H19N5O2. The fourth-order valence-corrected chi connectivity index (χ4v) is 2.38. The zero-order valence-corrected chi connectivity index (χ0v) is 14.0. The van der Waals surface area contributed by atoms with Gasteiger partial charge in [0.05, 0.1) is 17.6 Å². The largest absolute Gasteiger partial charge is 0.378 e. The van der Waals surface area contributed by atoms with Crippen LogP contribution >= 0.6 is 0 Å². The molecule has 3 N–H and O–H groups in total. The molecule has 0 unspecified atom stereocenters. The van der Waals surface area contributed by atoms with Crippen LogP contribution in [-0.4, -0.2) is 42.4 Å². The van der Waals surface area contributed by atoms with Crippen LogP contribution in [0.1, 0.15) is 10.4 Å². The molecule has 0 aliphatic carbocycles. The topological polar surface area (TPSA) is 90.1 Å². The van der Waals surface area contributed by atoms with Crippen LogP contribution < -0.4 is 15.5 Å². The van der Waals surface area contributed by atoms with E-state index in [4.69, 9.17) is 0 Å². The Labute approximate surface area is 145 Å². The Morgan fingerprint density at radius 3 is 2.68 bits per heavy atom. The van der Waals surface area contributed by atoms with Gasteiger partial charge in [-0.25, -0.2) is 4.98 Å². The first-order valence-corrected chi connectivity index (χ1v) is 7.83. The van der Waals surface area contributed by atoms with Crippen LogP contribution in [0.15, 0.2) is 48.5 Å². The van der Waals surface area contributed by atoms with Crippen molar-refractivity contribution < 1.29 is 9.59 Å². The lowest BCUT2D eigenvalue weighted by Crippen LogP contribution is -2.33. The normalized spacial score (nSPS) is 10.5. The van der Waals surface area contributed by atoms with E-state index in [0.717, 1.165) is 16.7 Å². The van der Waals surface area contributed by atoms with Crippen molar-refractivity contribution >= 4 is 34.5 Å². The molecule has 128 valence electrons. The van der Waals surface area contributed by atoms with Gasteiger partial charge in [-0.15, -0.1) is 0 Å². The van der Waals surface area contributed by atoms with E-state index in [2.05, 4.69) is 20.6 Å². The minimum atomic E-state index is -0.351. The van der Waals surface area contributed by atoms with E-state index in [1.54, 1.807) is 18.2 Å². The van der Waals surface area contributed by atoms with Crippen LogP contribution in [0.25, 0.3) is 11.0 Å². The minimum absolute atomic E-state index is 0.137. The van der Waals surface area contributed by atoms with Crippen molar-refractivity contribution in [3.05, 3.63) is 54.1 Å². The Kier molecular flexibility index (Phi) is 4.65. The number of fused-ring (bicyclic) bond motifs is 1. The Morgan fingerprint density at radius 1 is 1.12 bits per heavy atom. The standard InChI is InChI=1S/C18H19N5O2/c1-23(2)13-7-5-6-12(10-13)17(25)19-11-16(24)22-18-20-14-8-3-4-9-15(14)21-18/h3-10H,11H2,1-2H3,(H,19,25)(H2,20,21,22,24). The molecule has 0 radical (unpaired) electrons. The molecule has 0 atom stereocenters. The number of nitrogens with one attached hydrogen (secondary N) is 3. The third-order valence-electron chi connectivity index (χ3n) is 3.68. The number of anilines is 2. The molecular weight excluding hydrogens is 318 g/mol. The maximum atomic E-state index is 12.2. The van der Waals surface area contributed by atoms with Gasteiger partial charge in [0.2, 0.25) is 11.9 Å². The summed E-state index contributed by atoms with van der Waals surface area (Å²) >= 11 is 0. The van der Waals surface area contributed by atoms with Crippen LogP contribution in [0.2, 0.25) is 0 Å². The van der Waals surface area contributed by atoms with E-state index in [0.29, 0.717) is 11.5 Å². The average Bonchev–Trinajstić information content (AvgIpc) is 3.01. The number of hydrogen-bond acceptors (Lipinski definition) is 4. The average molecular weight is 337 g/mol. The summed E-state index contributed by atoms with van der Waals surface area (Å²) in [6.45, 7) is -0.137. The van der Waals surface area contributed by atoms with Crippen molar-refractivity contribution in [1.29, 1.82) is 0 Å². The summed E-state index contributed by atoms with van der Waals surface area (Å²) in [5.74, 6) is -0.297. The van der Waals surface area contributed by atoms with Gasteiger partial charge >= 0.3 is 0 Å². The van der Waals surface area contributed by atoms with E-state index >= 15 is 0 Å². The number of aromatic amines is 1. The number of amides is 2. The van der Waals surface area contributed by atoms with Crippen molar-refractivity contribution in [3.8, 4) is 0 Å². The highest BCUT2D eigenvalue weighted by Crippen LogP contribution is 2.14. The number of H-pyrrole nitrogens is 1. The first-order valence-electron chi connectivity index (χ1n) is 7.83. The van der Waals surface area contributed by atoms with Crippen LogP contribution in [-0.2, 0) is 4.79 Å². The Hall–Kier alpha value is -3.35. The lowest BCUT2D eigenvalue weighted by Gasteiger charge is -2.13. The van der Waals surface area contributed by atoms with Crippen LogP contribution in [0, 0.1) is 0 Å². The highest BCUT2D eigenvalue weighted by Gasteiger charge is 2.11. The van der Waals surface area contributed by atoms with Crippen LogP contribution in [0.5, 0.6) is 0 Å². The summed E-state index contributed by atoms with van der Waals surface area (Å²) in [4.78, 5) is 33.4. The number of para-hydroxylation sites is 2. The lowest BCUT2D eigenvalue weighted by molar-refractivity contribution is -0.115. The molecule has 1 aromatic heterocycles. The number of aromatic nitrogens is 2. The van der Waals surface area contributed by atoms with Crippen molar-refractivity contribution in [3.63, 3.8) is 0 Å². The first-order chi connectivity index (χ1) is 12.0. The van der Waals surface area contributed by atoms with Gasteiger partial charge in [0.1, 0.15) is 0 Å². The molecule has 0 saturated carbocycles. The fourth-order valence-electron chi connectivity index (χ4n) is 2.38. The summed E-state index contributed by atoms with van der Waals surface area (Å²) in [6.07, 6.45) is 0. The van der Waals surface area contributed by atoms with Gasteiger partial charge in [-0.2, -0.15) is 0 Å². The van der Waals surface area contributed by atoms with Gasteiger partial charge in [0, 0.05) is 25.3 Å². The van der Waals surface area contributed by atoms with Crippen molar-refractivity contribution in [2.45, 2.75) is 0 Å². The smallest absolute Gasteiger partial charge is 0.251 e. The number of carbonyl (C=O) groups excluding carboxylic acids is 2. The fraction of sp³-hybridized carbons (Fsp3) is 0.167. The van der Waals surface area contributed by atoms with E-state index < -0.39 is 0 Å². The Balaban J connectivity index is 1.58. The van der Waals surface area contributed by atoms with Crippen molar-refractivity contribution in [1.82, 2.24) is 15.3 Å². The molecule has 7 nitrogen and oxygen atoms in total. The molecule has 25 heavy (non-hydrogen) atoms. The maximum absolute atomic E-state index is 12.2. The number of nitrogens with zero attached hydrogens (tertiary/aromatic N) is 2. The molecule has 0 bridgehead atoms. The van der Waals surface area contributed by atoms with E-state index in [1.807, 2.05) is 49.3 Å². The zero-order chi connectivity index (χ0) is 17.8. The van der Waals surface area contributed by atoms with Gasteiger partial charge in [0.15, 0.2) is 0 Å². The molecule has 0 spiro atoms. The van der Waals surface area contributed by atoms with Gasteiger partial charge in [-0.1, -0.05) is 18.2 Å². The molecule has 0 fully saturated rings. The lowest BCUT2D eigenvalue weighted by atomic mass is 10.2. The molecule has 1 heterocycles. The number of rotatable bonds is 5. The second-order valence-corrected chi connectivity index (χ2v) is 5.78. The predicted molar refractivity (Wildman–Crippen MR) is 97.8 cm³/mol. The minimum Gasteiger partial charge on any atom is -0.378 e. The van der Waals surface area contributed by atoms with Crippen molar-refractivity contribution in [2.75, 3.05) is 30.9 Å². The van der Waals surface area contributed by atoms with Crippen LogP contribution in [0.3, 0.4) is 0 Å². The molecule has 0 saturated heterocycles. The summed E-state index contributed by atoms with van der Waals surface area (Å²) < 4.78 is 0. The van der Waals surface area contributed by atoms with Gasteiger partial charge in [-0.3, -0.25) is 14.9 Å². The Morgan fingerprint density at radius 2 is 1.92 bits per heavy atom. The number of benzene rings is 2. The highest BCUT2D eigenvalue weighted by molar-refractivity contribution is 5.99. The first kappa shape index (κ1) is 16.5.